The van der Waals surface area contributed by atoms with Crippen LogP contribution in [0.25, 0.3) is 90.0 Å². The quantitative estimate of drug-likeness (QED) is 0.128. The third-order valence-corrected chi connectivity index (χ3v) is 13.6. The Hall–Kier alpha value is -8.04. The second kappa shape index (κ2) is 18.0. The van der Waals surface area contributed by atoms with Crippen molar-refractivity contribution in [1.29, 1.82) is 0 Å². The summed E-state index contributed by atoms with van der Waals surface area (Å²) >= 11 is 2.03. The normalized spacial score (nSPS) is 14.1. The van der Waals surface area contributed by atoms with Gasteiger partial charge in [-0.1, -0.05) is 196 Å². The molecule has 9 aromatic rings. The molecular weight excluding hydrogens is 850 g/mol. The van der Waals surface area contributed by atoms with E-state index in [1.54, 1.807) is 0 Å². The summed E-state index contributed by atoms with van der Waals surface area (Å²) in [4.78, 5) is 10.9. The van der Waals surface area contributed by atoms with Gasteiger partial charge >= 0.3 is 0 Å². The maximum Gasteiger partial charge on any atom is 0.235 e. The lowest BCUT2D eigenvalue weighted by Gasteiger charge is -2.22. The molecule has 5 heteroatoms. The van der Waals surface area contributed by atoms with Crippen LogP contribution >= 0.6 is 13.0 Å². The molecular formula is C63H46FN3S. The lowest BCUT2D eigenvalue weighted by Crippen LogP contribution is -2.15. The van der Waals surface area contributed by atoms with Gasteiger partial charge in [0.15, 0.2) is 0 Å². The molecule has 0 spiro atoms. The summed E-state index contributed by atoms with van der Waals surface area (Å²) in [6, 6.07) is 65.3. The number of benzene rings is 7. The molecule has 7 aromatic carbocycles. The zero-order valence-corrected chi connectivity index (χ0v) is 38.7. The molecule has 12 rings (SSSR count). The average molecular weight is 896 g/mol. The number of hydrogen-bond acceptors (Lipinski definition) is 3. The zero-order valence-electron chi connectivity index (χ0n) is 37.8. The molecule has 0 amide bonds. The molecule has 0 bridgehead atoms. The van der Waals surface area contributed by atoms with Gasteiger partial charge in [0.1, 0.15) is 0 Å². The van der Waals surface area contributed by atoms with Crippen molar-refractivity contribution in [3.8, 4) is 73.7 Å². The van der Waals surface area contributed by atoms with E-state index in [1.807, 2.05) is 13.0 Å². The highest BCUT2D eigenvalue weighted by Crippen LogP contribution is 2.52. The standard InChI is InChI=1S/C63H45N3.FHS/c1-63(2)55-33-18-16-31-49(55)53-40-54-50-32-17-19-34-59(50)66(60(54)36-35-56(53)63)62-64-57(44-25-14-7-15-26-44)41-58(65-62)47-30-20-29-46(37-47)48-38-51(42-21-10-5-11-22-42)61(45-27-8-3-4-9-28-45)52(39-48)43-23-12-6-13-24-43;1-2/h5-8,10-35,37-41H,3,36H2,1-2H3;2H. The number of halogens is 1. The monoisotopic (exact) mass is 895 g/mol. The van der Waals surface area contributed by atoms with Crippen molar-refractivity contribution >= 4 is 41.1 Å². The average Bonchev–Trinajstić information content (AvgIpc) is 3.56. The van der Waals surface area contributed by atoms with Gasteiger partial charge in [-0.05, 0) is 109 Å². The van der Waals surface area contributed by atoms with E-state index < -0.39 is 0 Å². The van der Waals surface area contributed by atoms with Crippen LogP contribution in [0.4, 0.5) is 3.89 Å². The molecule has 3 nitrogen and oxygen atoms in total. The minimum atomic E-state index is -0.100. The molecule has 3 aliphatic carbocycles. The van der Waals surface area contributed by atoms with Gasteiger partial charge in [-0.3, -0.25) is 4.57 Å². The van der Waals surface area contributed by atoms with Crippen LogP contribution in [0.1, 0.15) is 48.2 Å². The van der Waals surface area contributed by atoms with E-state index in [0.29, 0.717) is 5.95 Å². The van der Waals surface area contributed by atoms with E-state index in [4.69, 9.17) is 9.97 Å². The lowest BCUT2D eigenvalue weighted by atomic mass is 9.82. The Morgan fingerprint density at radius 1 is 0.588 bits per heavy atom. The second-order valence-corrected chi connectivity index (χ2v) is 17.9. The number of allylic oxidation sites excluding steroid dienone is 7. The maximum absolute atomic E-state index is 9.19. The van der Waals surface area contributed by atoms with E-state index in [9.17, 15) is 3.89 Å². The van der Waals surface area contributed by atoms with Gasteiger partial charge in [0, 0.05) is 59.0 Å². The Morgan fingerprint density at radius 3 is 1.91 bits per heavy atom. The van der Waals surface area contributed by atoms with Gasteiger partial charge in [-0.15, -0.1) is 0 Å². The van der Waals surface area contributed by atoms with E-state index >= 15 is 0 Å². The molecule has 3 aliphatic rings. The summed E-state index contributed by atoms with van der Waals surface area (Å²) in [6.45, 7) is 4.71. The van der Waals surface area contributed by atoms with Crippen molar-refractivity contribution in [2.45, 2.75) is 32.1 Å². The highest BCUT2D eigenvalue weighted by molar-refractivity contribution is 7.74. The molecule has 0 saturated heterocycles. The molecule has 0 fully saturated rings. The molecule has 0 atom stereocenters. The van der Waals surface area contributed by atoms with E-state index in [-0.39, 0.29) is 5.41 Å². The molecule has 68 heavy (non-hydrogen) atoms. The molecule has 0 unspecified atom stereocenters. The maximum atomic E-state index is 9.19. The van der Waals surface area contributed by atoms with Gasteiger partial charge in [-0.25, -0.2) is 9.97 Å². The lowest BCUT2D eigenvalue weighted by molar-refractivity contribution is 0.658. The fourth-order valence-electron chi connectivity index (χ4n) is 10.4. The Labute approximate surface area is 403 Å². The summed E-state index contributed by atoms with van der Waals surface area (Å²) < 4.78 is 11.5. The van der Waals surface area contributed by atoms with Crippen LogP contribution in [0.15, 0.2) is 212 Å². The van der Waals surface area contributed by atoms with Crippen molar-refractivity contribution in [3.05, 3.63) is 240 Å². The summed E-state index contributed by atoms with van der Waals surface area (Å²) in [5.41, 5.74) is 21.7. The fraction of sp³-hybridized carbons (Fsp3) is 0.0794. The molecule has 0 N–H and O–H groups in total. The van der Waals surface area contributed by atoms with Crippen molar-refractivity contribution in [2.24, 2.45) is 0 Å². The Kier molecular flexibility index (Phi) is 11.3. The number of aromatic nitrogens is 3. The van der Waals surface area contributed by atoms with Gasteiger partial charge in [0.05, 0.1) is 16.9 Å². The third kappa shape index (κ3) is 7.54. The number of nitrogens with zero attached hydrogens (tertiary/aromatic N) is 3. The largest absolute Gasteiger partial charge is 0.281 e. The van der Waals surface area contributed by atoms with Crippen LogP contribution in [0.2, 0.25) is 0 Å². The number of rotatable bonds is 7. The predicted octanol–water partition coefficient (Wildman–Crippen LogP) is 16.2. The minimum Gasteiger partial charge on any atom is -0.281 e. The highest BCUT2D eigenvalue weighted by Gasteiger charge is 2.39. The van der Waals surface area contributed by atoms with E-state index in [1.165, 1.54) is 44.5 Å². The molecule has 0 saturated carbocycles. The molecule has 0 aliphatic heterocycles. The van der Waals surface area contributed by atoms with Gasteiger partial charge < -0.3 is 0 Å². The predicted molar refractivity (Wildman–Crippen MR) is 285 cm³/mol. The first-order valence-corrected chi connectivity index (χ1v) is 23.4. The highest BCUT2D eigenvalue weighted by atomic mass is 32.1. The van der Waals surface area contributed by atoms with Crippen LogP contribution in [-0.2, 0) is 11.8 Å². The number of fused-ring (bicyclic) bond motifs is 6. The summed E-state index contributed by atoms with van der Waals surface area (Å²) in [5, 5.41) is 1.20. The molecule has 0 radical (unpaired) electrons. The zero-order chi connectivity index (χ0) is 46.2. The van der Waals surface area contributed by atoms with Crippen molar-refractivity contribution in [2.75, 3.05) is 0 Å². The Bertz CT molecular complexity index is 3540. The van der Waals surface area contributed by atoms with Crippen molar-refractivity contribution in [3.63, 3.8) is 0 Å². The molecule has 2 aromatic heterocycles. The Balaban J connectivity index is 0.00000250. The summed E-state index contributed by atoms with van der Waals surface area (Å²) in [6.07, 6.45) is 12.8. The van der Waals surface area contributed by atoms with Crippen LogP contribution in [0.5, 0.6) is 0 Å². The molecule has 326 valence electrons. The van der Waals surface area contributed by atoms with Crippen LogP contribution < -0.4 is 0 Å². The van der Waals surface area contributed by atoms with Crippen LogP contribution in [0, 0.1) is 11.8 Å². The number of para-hydroxylation sites is 1. The second-order valence-electron chi connectivity index (χ2n) is 17.9. The van der Waals surface area contributed by atoms with Crippen LogP contribution in [0.3, 0.4) is 0 Å². The van der Waals surface area contributed by atoms with E-state index in [0.717, 1.165) is 79.8 Å². The SMILES string of the molecule is CC1(C)C2=CCc3c(c4ccccc4n3-c3nc(-c4ccccc4)cc(-c4cccc(-c5cc(-c6ccccc6)c(C6=CC#CCC=C6)c(-c6ccccc6)c5)c4)n3)C=C2c2ccccc21.FS. The number of thiol groups is 1. The van der Waals surface area contributed by atoms with Gasteiger partial charge in [0.25, 0.3) is 0 Å². The first-order chi connectivity index (χ1) is 33.5. The number of hydrogen-bond donors (Lipinski definition) is 1. The van der Waals surface area contributed by atoms with Crippen molar-refractivity contribution in [1.82, 2.24) is 14.5 Å². The fourth-order valence-corrected chi connectivity index (χ4v) is 10.4. The summed E-state index contributed by atoms with van der Waals surface area (Å²) in [5.74, 6) is 7.23. The third-order valence-electron chi connectivity index (χ3n) is 13.6. The van der Waals surface area contributed by atoms with Gasteiger partial charge in [-0.2, -0.15) is 3.89 Å². The van der Waals surface area contributed by atoms with E-state index in [2.05, 4.69) is 243 Å². The minimum absolute atomic E-state index is 0.100. The summed E-state index contributed by atoms with van der Waals surface area (Å²) in [7, 11) is 0. The first-order valence-electron chi connectivity index (χ1n) is 23.0. The Morgan fingerprint density at radius 2 is 1.19 bits per heavy atom. The van der Waals surface area contributed by atoms with Crippen LogP contribution in [-0.4, -0.2) is 14.5 Å². The van der Waals surface area contributed by atoms with Gasteiger partial charge in [0.2, 0.25) is 5.95 Å². The smallest absolute Gasteiger partial charge is 0.235 e. The first kappa shape index (κ1) is 42.6. The van der Waals surface area contributed by atoms with Crippen molar-refractivity contribution < 1.29 is 3.89 Å². The molecule has 2 heterocycles. The topological polar surface area (TPSA) is 30.7 Å².